The third-order valence-electron chi connectivity index (χ3n) is 7.24. The minimum Gasteiger partial charge on any atom is -0.491 e. The summed E-state index contributed by atoms with van der Waals surface area (Å²) in [6.45, 7) is 6.58. The Balaban J connectivity index is 0.000000154. The first kappa shape index (κ1) is 33.9. The maximum Gasteiger partial charge on any atom is 0.122 e. The molecule has 7 heteroatoms. The molecule has 2 aliphatic rings. The average Bonchev–Trinajstić information content (AvgIpc) is 3.11. The highest BCUT2D eigenvalue weighted by Crippen LogP contribution is 2.26. The molecule has 0 amide bonds. The predicted molar refractivity (Wildman–Crippen MR) is 178 cm³/mol. The molecule has 0 bridgehead atoms. The lowest BCUT2D eigenvalue weighted by Crippen LogP contribution is -2.29. The Hall–Kier alpha value is -4.01. The summed E-state index contributed by atoms with van der Waals surface area (Å²) in [6.07, 6.45) is 2.19. The molecule has 0 fully saturated rings. The second-order valence-electron chi connectivity index (χ2n) is 10.5. The summed E-state index contributed by atoms with van der Waals surface area (Å²) < 4.78 is 32.7. The van der Waals surface area contributed by atoms with Crippen molar-refractivity contribution in [3.05, 3.63) is 131 Å². The molecular formula is C38H45NO6. The highest BCUT2D eigenvalue weighted by atomic mass is 16.6. The highest BCUT2D eigenvalue weighted by Gasteiger charge is 2.20. The van der Waals surface area contributed by atoms with E-state index >= 15 is 0 Å². The molecule has 238 valence electrons. The number of hydrogen-bond acceptors (Lipinski definition) is 7. The molecule has 4 aromatic carbocycles. The molecule has 0 saturated carbocycles. The minimum absolute atomic E-state index is 0.162. The van der Waals surface area contributed by atoms with Gasteiger partial charge in [0.15, 0.2) is 0 Å². The molecule has 2 heterocycles. The highest BCUT2D eigenvalue weighted by molar-refractivity contribution is 6.10. The smallest absolute Gasteiger partial charge is 0.122 e. The van der Waals surface area contributed by atoms with Crippen LogP contribution in [0.1, 0.15) is 29.2 Å². The van der Waals surface area contributed by atoms with E-state index in [1.54, 1.807) is 7.11 Å². The lowest BCUT2D eigenvalue weighted by Gasteiger charge is -2.25. The van der Waals surface area contributed by atoms with Crippen molar-refractivity contribution in [1.29, 1.82) is 5.41 Å². The summed E-state index contributed by atoms with van der Waals surface area (Å²) in [6, 6.07) is 35.8. The summed E-state index contributed by atoms with van der Waals surface area (Å²) in [5.74, 6) is 1.98. The van der Waals surface area contributed by atoms with Crippen LogP contribution in [0.25, 0.3) is 0 Å². The van der Waals surface area contributed by atoms with Crippen LogP contribution >= 0.6 is 0 Å². The molecule has 4 aromatic rings. The van der Waals surface area contributed by atoms with Crippen molar-refractivity contribution < 1.29 is 28.4 Å². The summed E-state index contributed by atoms with van der Waals surface area (Å²) in [5, 5.41) is 7.97. The normalized spacial score (nSPS) is 16.2. The van der Waals surface area contributed by atoms with Gasteiger partial charge in [-0.15, -0.1) is 0 Å². The first-order valence-electron chi connectivity index (χ1n) is 15.6. The largest absolute Gasteiger partial charge is 0.491 e. The van der Waals surface area contributed by atoms with Crippen LogP contribution in [0.4, 0.5) is 0 Å². The molecule has 0 spiro atoms. The van der Waals surface area contributed by atoms with Gasteiger partial charge in [0.2, 0.25) is 0 Å². The zero-order valence-electron chi connectivity index (χ0n) is 26.4. The van der Waals surface area contributed by atoms with Crippen molar-refractivity contribution >= 4 is 5.71 Å². The van der Waals surface area contributed by atoms with Gasteiger partial charge in [0.1, 0.15) is 24.7 Å². The van der Waals surface area contributed by atoms with Crippen LogP contribution in [-0.2, 0) is 31.8 Å². The SMILES string of the molecule is CCOCCOC1COc2ccccc2C1.COCCOC1COc2ccccc2C1.N=C(c1ccccc1)c1ccccc1. The van der Waals surface area contributed by atoms with Gasteiger partial charge in [0.25, 0.3) is 0 Å². The fourth-order valence-corrected chi connectivity index (χ4v) is 4.91. The van der Waals surface area contributed by atoms with Gasteiger partial charge >= 0.3 is 0 Å². The molecule has 0 aliphatic carbocycles. The van der Waals surface area contributed by atoms with Gasteiger partial charge in [-0.3, -0.25) is 5.41 Å². The summed E-state index contributed by atoms with van der Waals surface area (Å²) >= 11 is 0. The van der Waals surface area contributed by atoms with Gasteiger partial charge in [-0.2, -0.15) is 0 Å². The lowest BCUT2D eigenvalue weighted by atomic mass is 10.0. The standard InChI is InChI=1S/C13H11N.C13H18O3.C12H16O3/c14-13(11-7-3-1-4-8-11)12-9-5-2-6-10-12;1-2-14-7-8-15-12-9-11-5-3-4-6-13(11)16-10-12;1-13-6-7-14-11-8-10-4-2-3-5-12(10)15-9-11/h1-10,14H;3-6,12H,2,7-10H2,1H3;2-5,11H,6-9H2,1H3. The summed E-state index contributed by atoms with van der Waals surface area (Å²) in [4.78, 5) is 0. The quantitative estimate of drug-likeness (QED) is 0.149. The van der Waals surface area contributed by atoms with Gasteiger partial charge in [0.05, 0.1) is 44.3 Å². The number of nitrogens with one attached hydrogen (secondary N) is 1. The van der Waals surface area contributed by atoms with Crippen molar-refractivity contribution in [2.75, 3.05) is 53.4 Å². The van der Waals surface area contributed by atoms with Crippen molar-refractivity contribution in [3.8, 4) is 11.5 Å². The maximum atomic E-state index is 7.97. The number of rotatable bonds is 11. The minimum atomic E-state index is 0.162. The average molecular weight is 612 g/mol. The molecule has 0 saturated heterocycles. The van der Waals surface area contributed by atoms with Crippen LogP contribution in [0.5, 0.6) is 11.5 Å². The van der Waals surface area contributed by atoms with Crippen LogP contribution in [0.15, 0.2) is 109 Å². The number of para-hydroxylation sites is 2. The number of methoxy groups -OCH3 is 1. The Labute approximate surface area is 267 Å². The van der Waals surface area contributed by atoms with E-state index in [1.807, 2.05) is 104 Å². The van der Waals surface area contributed by atoms with Crippen LogP contribution in [0.3, 0.4) is 0 Å². The third-order valence-corrected chi connectivity index (χ3v) is 7.24. The van der Waals surface area contributed by atoms with Gasteiger partial charge in [-0.05, 0) is 41.3 Å². The van der Waals surface area contributed by atoms with Crippen LogP contribution in [-0.4, -0.2) is 71.3 Å². The Morgan fingerprint density at radius 1 is 0.622 bits per heavy atom. The Bertz CT molecular complexity index is 1360. The van der Waals surface area contributed by atoms with Gasteiger partial charge in [-0.1, -0.05) is 97.1 Å². The zero-order valence-corrected chi connectivity index (χ0v) is 26.4. The fraction of sp³-hybridized carbons (Fsp3) is 0.342. The van der Waals surface area contributed by atoms with E-state index in [-0.39, 0.29) is 12.2 Å². The molecule has 45 heavy (non-hydrogen) atoms. The maximum absolute atomic E-state index is 7.97. The number of benzene rings is 4. The first-order chi connectivity index (χ1) is 22.2. The Kier molecular flexibility index (Phi) is 14.6. The molecule has 1 N–H and O–H groups in total. The van der Waals surface area contributed by atoms with Gasteiger partial charge < -0.3 is 28.4 Å². The third kappa shape index (κ3) is 11.5. The number of fused-ring (bicyclic) bond motifs is 2. The van der Waals surface area contributed by atoms with E-state index in [2.05, 4.69) is 12.1 Å². The first-order valence-corrected chi connectivity index (χ1v) is 15.6. The van der Waals surface area contributed by atoms with E-state index in [9.17, 15) is 0 Å². The Morgan fingerprint density at radius 3 is 1.53 bits per heavy atom. The molecule has 6 rings (SSSR count). The van der Waals surface area contributed by atoms with Crippen molar-refractivity contribution in [1.82, 2.24) is 0 Å². The molecule has 2 aliphatic heterocycles. The number of ether oxygens (including phenoxy) is 6. The molecule has 0 aromatic heterocycles. The van der Waals surface area contributed by atoms with Crippen molar-refractivity contribution in [3.63, 3.8) is 0 Å². The van der Waals surface area contributed by atoms with Gasteiger partial charge in [-0.25, -0.2) is 0 Å². The second kappa shape index (κ2) is 19.4. The van der Waals surface area contributed by atoms with E-state index in [0.29, 0.717) is 45.4 Å². The number of hydrogen-bond donors (Lipinski definition) is 1. The topological polar surface area (TPSA) is 79.2 Å². The fourth-order valence-electron chi connectivity index (χ4n) is 4.91. The second-order valence-corrected chi connectivity index (χ2v) is 10.5. The molecule has 2 atom stereocenters. The monoisotopic (exact) mass is 611 g/mol. The van der Waals surface area contributed by atoms with Crippen LogP contribution in [0, 0.1) is 5.41 Å². The van der Waals surface area contributed by atoms with E-state index in [4.69, 9.17) is 33.8 Å². The van der Waals surface area contributed by atoms with E-state index in [0.717, 1.165) is 42.1 Å². The molecular weight excluding hydrogens is 566 g/mol. The van der Waals surface area contributed by atoms with E-state index < -0.39 is 0 Å². The zero-order chi connectivity index (χ0) is 31.5. The summed E-state index contributed by atoms with van der Waals surface area (Å²) in [7, 11) is 1.68. The summed E-state index contributed by atoms with van der Waals surface area (Å²) in [5.41, 5.74) is 4.95. The van der Waals surface area contributed by atoms with Crippen LogP contribution < -0.4 is 9.47 Å². The Morgan fingerprint density at radius 2 is 1.07 bits per heavy atom. The van der Waals surface area contributed by atoms with Crippen molar-refractivity contribution in [2.45, 2.75) is 32.0 Å². The molecule has 2 unspecified atom stereocenters. The molecule has 7 nitrogen and oxygen atoms in total. The lowest BCUT2D eigenvalue weighted by molar-refractivity contribution is -0.0182. The van der Waals surface area contributed by atoms with Gasteiger partial charge in [0, 0.05) is 26.6 Å². The van der Waals surface area contributed by atoms with Crippen molar-refractivity contribution in [2.24, 2.45) is 0 Å². The van der Waals surface area contributed by atoms with E-state index in [1.165, 1.54) is 11.1 Å². The predicted octanol–water partition coefficient (Wildman–Crippen LogP) is 6.80. The molecule has 0 radical (unpaired) electrons. The van der Waals surface area contributed by atoms with Crippen LogP contribution in [0.2, 0.25) is 0 Å².